The van der Waals surface area contributed by atoms with Gasteiger partial charge in [0.05, 0.1) is 11.2 Å². The molecule has 2 heteroatoms. The van der Waals surface area contributed by atoms with Crippen molar-refractivity contribution < 1.29 is 4.74 Å². The molecule has 2 spiro atoms. The summed E-state index contributed by atoms with van der Waals surface area (Å²) in [4.78, 5) is 0. The van der Waals surface area contributed by atoms with Gasteiger partial charge in [0.1, 0.15) is 0 Å². The van der Waals surface area contributed by atoms with Crippen molar-refractivity contribution in [2.75, 3.05) is 0 Å². The molecule has 2 nitrogen and oxygen atoms in total. The Balaban J connectivity index is 1.15. The van der Waals surface area contributed by atoms with Crippen LogP contribution in [0.1, 0.15) is 82.6 Å². The number of nitrogens with one attached hydrogen (secondary N) is 1. The second-order valence-corrected chi connectivity index (χ2v) is 12.7. The lowest BCUT2D eigenvalue weighted by Gasteiger charge is -2.54. The van der Waals surface area contributed by atoms with E-state index in [9.17, 15) is 0 Å². The molecule has 2 heterocycles. The number of rotatable bonds is 3. The van der Waals surface area contributed by atoms with E-state index < -0.39 is 0 Å². The van der Waals surface area contributed by atoms with Gasteiger partial charge in [0.15, 0.2) is 0 Å². The van der Waals surface area contributed by atoms with E-state index in [2.05, 4.69) is 66.9 Å². The molecule has 4 fully saturated rings. The van der Waals surface area contributed by atoms with Crippen LogP contribution in [0.5, 0.6) is 0 Å². The highest BCUT2D eigenvalue weighted by atomic mass is 16.5. The zero-order valence-electron chi connectivity index (χ0n) is 20.5. The Morgan fingerprint density at radius 3 is 2.68 bits per heavy atom. The topological polar surface area (TPSA) is 21.3 Å². The smallest absolute Gasteiger partial charge is 0.0974 e. The van der Waals surface area contributed by atoms with Gasteiger partial charge < -0.3 is 10.1 Å². The SMILES string of the molecule is C[C@]12CC=C3C=C4CC[C@H](NC5CC5)C[C@]45CC[C@]3(O5)[C@@H]1CC[C@@H]2c1ccc2ccccc2c1. The second kappa shape index (κ2) is 6.86. The predicted molar refractivity (Wildman–Crippen MR) is 138 cm³/mol. The maximum absolute atomic E-state index is 7.47. The molecule has 2 aromatic carbocycles. The van der Waals surface area contributed by atoms with Crippen LogP contribution in [-0.2, 0) is 4.74 Å². The largest absolute Gasteiger partial charge is 0.359 e. The van der Waals surface area contributed by atoms with Gasteiger partial charge in [-0.1, -0.05) is 61.5 Å². The van der Waals surface area contributed by atoms with Crippen LogP contribution in [0, 0.1) is 11.3 Å². The highest BCUT2D eigenvalue weighted by Gasteiger charge is 2.66. The molecule has 8 rings (SSSR count). The maximum atomic E-state index is 7.47. The lowest BCUT2D eigenvalue weighted by molar-refractivity contribution is -0.136. The molecule has 1 N–H and O–H groups in total. The average molecular weight is 452 g/mol. The van der Waals surface area contributed by atoms with Gasteiger partial charge >= 0.3 is 0 Å². The summed E-state index contributed by atoms with van der Waals surface area (Å²) in [6.45, 7) is 2.60. The van der Waals surface area contributed by atoms with E-state index in [1.165, 1.54) is 75.0 Å². The van der Waals surface area contributed by atoms with E-state index in [-0.39, 0.29) is 16.6 Å². The second-order valence-electron chi connectivity index (χ2n) is 12.7. The normalized spacial score (nSPS) is 42.6. The molecule has 6 atom stereocenters. The summed E-state index contributed by atoms with van der Waals surface area (Å²) in [5.41, 5.74) is 4.97. The van der Waals surface area contributed by atoms with Crippen LogP contribution < -0.4 is 5.32 Å². The molecule has 2 bridgehead atoms. The van der Waals surface area contributed by atoms with Crippen LogP contribution in [0.2, 0.25) is 0 Å². The number of fused-ring (bicyclic) bond motifs is 2. The number of ether oxygens (including phenoxy) is 1. The third kappa shape index (κ3) is 2.70. The van der Waals surface area contributed by atoms with Gasteiger partial charge in [0.25, 0.3) is 0 Å². The minimum atomic E-state index is -0.0381. The van der Waals surface area contributed by atoms with E-state index in [0.717, 1.165) is 6.04 Å². The minimum Gasteiger partial charge on any atom is -0.359 e. The van der Waals surface area contributed by atoms with Gasteiger partial charge in [0.2, 0.25) is 0 Å². The fourth-order valence-corrected chi connectivity index (χ4v) is 9.11. The highest BCUT2D eigenvalue weighted by molar-refractivity contribution is 5.83. The van der Waals surface area contributed by atoms with Crippen molar-refractivity contribution in [1.82, 2.24) is 5.32 Å². The Labute approximate surface area is 203 Å². The summed E-state index contributed by atoms with van der Waals surface area (Å²) in [6.07, 6.45) is 17.9. The van der Waals surface area contributed by atoms with Crippen LogP contribution in [0.15, 0.2) is 65.8 Å². The van der Waals surface area contributed by atoms with Crippen molar-refractivity contribution >= 4 is 10.8 Å². The Morgan fingerprint density at radius 2 is 1.79 bits per heavy atom. The summed E-state index contributed by atoms with van der Waals surface area (Å²) in [7, 11) is 0. The van der Waals surface area contributed by atoms with E-state index in [4.69, 9.17) is 4.74 Å². The molecule has 4 aliphatic carbocycles. The van der Waals surface area contributed by atoms with E-state index in [1.54, 1.807) is 16.7 Å². The third-order valence-corrected chi connectivity index (χ3v) is 10.9. The van der Waals surface area contributed by atoms with Gasteiger partial charge in [-0.3, -0.25) is 0 Å². The minimum absolute atomic E-state index is 0.0153. The molecular formula is C32H37NO. The van der Waals surface area contributed by atoms with Gasteiger partial charge in [-0.05, 0) is 109 Å². The molecular weight excluding hydrogens is 414 g/mol. The molecule has 0 amide bonds. The molecule has 1 saturated heterocycles. The summed E-state index contributed by atoms with van der Waals surface area (Å²) in [6, 6.07) is 17.5. The number of allylic oxidation sites excluding steroid dienone is 1. The molecule has 0 aromatic heterocycles. The number of benzene rings is 2. The molecule has 176 valence electrons. The molecule has 34 heavy (non-hydrogen) atoms. The quantitative estimate of drug-likeness (QED) is 0.533. The zero-order valence-corrected chi connectivity index (χ0v) is 20.5. The predicted octanol–water partition coefficient (Wildman–Crippen LogP) is 7.20. The molecule has 0 unspecified atom stereocenters. The molecule has 6 aliphatic rings. The first-order valence-corrected chi connectivity index (χ1v) is 13.9. The van der Waals surface area contributed by atoms with Crippen molar-refractivity contribution in [3.05, 3.63) is 71.3 Å². The van der Waals surface area contributed by atoms with Crippen LogP contribution in [0.3, 0.4) is 0 Å². The standard InChI is InChI=1S/C32H37NO/c1-30-15-14-25-19-24-8-9-27(33-26-10-11-26)20-31(24)16-17-32(25,34-31)29(30)13-12-28(30)23-7-6-21-4-2-3-5-22(21)18-23/h2-7,14,18-19,26-29,33H,8-13,15-17,20H2,1H3/t27-,28+,29+,30+,31+,32+/m0/s1. The van der Waals surface area contributed by atoms with Gasteiger partial charge in [-0.25, -0.2) is 0 Å². The number of hydrogen-bond donors (Lipinski definition) is 1. The van der Waals surface area contributed by atoms with Crippen molar-refractivity contribution in [1.29, 1.82) is 0 Å². The zero-order chi connectivity index (χ0) is 22.5. The Morgan fingerprint density at radius 1 is 0.912 bits per heavy atom. The first-order valence-electron chi connectivity index (χ1n) is 13.9. The Hall–Kier alpha value is -1.90. The van der Waals surface area contributed by atoms with Crippen LogP contribution >= 0.6 is 0 Å². The lowest BCUT2D eigenvalue weighted by Crippen LogP contribution is -2.55. The van der Waals surface area contributed by atoms with Crippen molar-refractivity contribution in [2.45, 2.75) is 100 Å². The fourth-order valence-electron chi connectivity index (χ4n) is 9.11. The van der Waals surface area contributed by atoms with Crippen LogP contribution in [-0.4, -0.2) is 23.3 Å². The molecule has 0 radical (unpaired) electrons. The monoisotopic (exact) mass is 451 g/mol. The highest BCUT2D eigenvalue weighted by Crippen LogP contribution is 2.69. The van der Waals surface area contributed by atoms with Gasteiger partial charge in [-0.15, -0.1) is 0 Å². The van der Waals surface area contributed by atoms with Gasteiger partial charge in [-0.2, -0.15) is 0 Å². The Bertz CT molecular complexity index is 1240. The summed E-state index contributed by atoms with van der Waals surface area (Å²) < 4.78 is 7.47. The summed E-state index contributed by atoms with van der Waals surface area (Å²) >= 11 is 0. The van der Waals surface area contributed by atoms with E-state index in [1.807, 2.05) is 0 Å². The van der Waals surface area contributed by atoms with E-state index >= 15 is 0 Å². The third-order valence-electron chi connectivity index (χ3n) is 10.9. The first kappa shape index (κ1) is 20.3. The molecule has 2 aliphatic heterocycles. The van der Waals surface area contributed by atoms with Crippen LogP contribution in [0.25, 0.3) is 10.8 Å². The first-order chi connectivity index (χ1) is 16.6. The van der Waals surface area contributed by atoms with Crippen molar-refractivity contribution in [2.24, 2.45) is 11.3 Å². The molecule has 2 aromatic rings. The summed E-state index contributed by atoms with van der Waals surface area (Å²) in [5.74, 6) is 1.25. The van der Waals surface area contributed by atoms with Gasteiger partial charge in [0, 0.05) is 12.1 Å². The fraction of sp³-hybridized carbons (Fsp3) is 0.562. The summed E-state index contributed by atoms with van der Waals surface area (Å²) in [5, 5.41) is 6.69. The van der Waals surface area contributed by atoms with Crippen molar-refractivity contribution in [3.8, 4) is 0 Å². The molecule has 3 saturated carbocycles. The van der Waals surface area contributed by atoms with Crippen LogP contribution in [0.4, 0.5) is 0 Å². The maximum Gasteiger partial charge on any atom is 0.0974 e. The van der Waals surface area contributed by atoms with Crippen molar-refractivity contribution in [3.63, 3.8) is 0 Å². The average Bonchev–Trinajstić information content (AvgIpc) is 3.52. The lowest BCUT2D eigenvalue weighted by atomic mass is 9.58. The number of hydrogen-bond acceptors (Lipinski definition) is 2. The van der Waals surface area contributed by atoms with E-state index in [0.29, 0.717) is 17.9 Å². The Kier molecular flexibility index (Phi) is 4.10.